The minimum Gasteiger partial charge on any atom is -0.411 e. The van der Waals surface area contributed by atoms with Crippen molar-refractivity contribution >= 4 is 41.0 Å². The maximum Gasteiger partial charge on any atom is 0.216 e. The molecule has 1 rings (SSSR count). The molecule has 6 heteroatoms. The van der Waals surface area contributed by atoms with Crippen molar-refractivity contribution in [2.24, 2.45) is 5.16 Å². The first kappa shape index (κ1) is 11.6. The Labute approximate surface area is 94.9 Å². The molecule has 0 atom stereocenters. The number of halogens is 4. The molecule has 2 nitrogen and oxygen atoms in total. The fourth-order valence-corrected chi connectivity index (χ4v) is 1.48. The van der Waals surface area contributed by atoms with E-state index in [0.29, 0.717) is 0 Å². The van der Waals surface area contributed by atoms with E-state index in [1.165, 1.54) is 6.07 Å². The summed E-state index contributed by atoms with van der Waals surface area (Å²) in [6, 6.07) is 3.59. The molecule has 0 saturated heterocycles. The summed E-state index contributed by atoms with van der Waals surface area (Å²) >= 11 is 16.9. The van der Waals surface area contributed by atoms with Crippen molar-refractivity contribution in [1.29, 1.82) is 0 Å². The van der Waals surface area contributed by atoms with Crippen LogP contribution in [0, 0.1) is 5.82 Å². The summed E-state index contributed by atoms with van der Waals surface area (Å²) in [5, 5.41) is 11.1. The largest absolute Gasteiger partial charge is 0.411 e. The molecular weight excluding hydrogens is 251 g/mol. The molecule has 1 aromatic rings. The van der Waals surface area contributed by atoms with Gasteiger partial charge in [-0.2, -0.15) is 0 Å². The van der Waals surface area contributed by atoms with Gasteiger partial charge in [0.15, 0.2) is 0 Å². The zero-order valence-electron chi connectivity index (χ0n) is 6.72. The average molecular weight is 256 g/mol. The second-order valence-corrected chi connectivity index (χ2v) is 4.76. The molecule has 0 bridgehead atoms. The highest BCUT2D eigenvalue weighted by Crippen LogP contribution is 2.39. The van der Waals surface area contributed by atoms with Crippen molar-refractivity contribution in [3.63, 3.8) is 0 Å². The maximum absolute atomic E-state index is 12.8. The molecule has 0 amide bonds. The van der Waals surface area contributed by atoms with Crippen LogP contribution in [0.4, 0.5) is 4.39 Å². The number of rotatable bonds is 1. The van der Waals surface area contributed by atoms with Crippen molar-refractivity contribution in [3.8, 4) is 0 Å². The molecule has 0 aliphatic heterocycles. The molecule has 1 aromatic carbocycles. The zero-order chi connectivity index (χ0) is 10.8. The van der Waals surface area contributed by atoms with E-state index >= 15 is 0 Å². The predicted octanol–water partition coefficient (Wildman–Crippen LogP) is 3.46. The van der Waals surface area contributed by atoms with Crippen LogP contribution in [0.2, 0.25) is 0 Å². The van der Waals surface area contributed by atoms with Crippen LogP contribution in [-0.2, 0) is 3.79 Å². The normalized spacial score (nSPS) is 12.3. The van der Waals surface area contributed by atoms with Gasteiger partial charge in [0, 0.05) is 11.1 Å². The number of oxime groups is 1. The summed E-state index contributed by atoms with van der Waals surface area (Å²) < 4.78 is 11.1. The van der Waals surface area contributed by atoms with Crippen molar-refractivity contribution < 1.29 is 9.60 Å². The predicted molar refractivity (Wildman–Crippen MR) is 55.0 cm³/mol. The second kappa shape index (κ2) is 4.34. The van der Waals surface area contributed by atoms with Gasteiger partial charge in [-0.1, -0.05) is 46.0 Å². The molecule has 0 fully saturated rings. The lowest BCUT2D eigenvalue weighted by Gasteiger charge is -2.13. The van der Waals surface area contributed by atoms with E-state index in [1.807, 2.05) is 0 Å². The van der Waals surface area contributed by atoms with Crippen LogP contribution in [0.25, 0.3) is 0 Å². The van der Waals surface area contributed by atoms with E-state index in [2.05, 4.69) is 5.16 Å². The van der Waals surface area contributed by atoms with Gasteiger partial charge in [-0.05, 0) is 12.1 Å². The molecule has 0 aliphatic rings. The SMILES string of the molecule is ON=Cc1cc(F)ccc1C(Cl)(Cl)Cl. The molecule has 1 N–H and O–H groups in total. The molecule has 14 heavy (non-hydrogen) atoms. The number of benzene rings is 1. The molecule has 0 spiro atoms. The topological polar surface area (TPSA) is 32.6 Å². The van der Waals surface area contributed by atoms with Crippen LogP contribution in [0.5, 0.6) is 0 Å². The van der Waals surface area contributed by atoms with Crippen LogP contribution in [-0.4, -0.2) is 11.4 Å². The van der Waals surface area contributed by atoms with E-state index < -0.39 is 9.61 Å². The first-order chi connectivity index (χ1) is 6.45. The molecule has 0 heterocycles. The number of nitrogens with zero attached hydrogens (tertiary/aromatic N) is 1. The van der Waals surface area contributed by atoms with Crippen LogP contribution in [0.1, 0.15) is 11.1 Å². The van der Waals surface area contributed by atoms with Gasteiger partial charge in [-0.3, -0.25) is 0 Å². The fourth-order valence-electron chi connectivity index (χ4n) is 0.961. The molecule has 0 saturated carbocycles. The maximum atomic E-state index is 12.8. The summed E-state index contributed by atoms with van der Waals surface area (Å²) in [6.07, 6.45) is 1.00. The van der Waals surface area contributed by atoms with Crippen molar-refractivity contribution in [2.75, 3.05) is 0 Å². The van der Waals surface area contributed by atoms with Crippen molar-refractivity contribution in [2.45, 2.75) is 3.79 Å². The number of hydrogen-bond donors (Lipinski definition) is 1. The van der Waals surface area contributed by atoms with Crippen LogP contribution in [0.15, 0.2) is 23.4 Å². The van der Waals surface area contributed by atoms with Crippen molar-refractivity contribution in [3.05, 3.63) is 35.1 Å². The van der Waals surface area contributed by atoms with E-state index in [0.717, 1.165) is 18.3 Å². The Kier molecular flexibility index (Phi) is 3.59. The fraction of sp³-hybridized carbons (Fsp3) is 0.125. The van der Waals surface area contributed by atoms with E-state index in [-0.39, 0.29) is 11.1 Å². The quantitative estimate of drug-likeness (QED) is 0.355. The van der Waals surface area contributed by atoms with Crippen LogP contribution in [0.3, 0.4) is 0 Å². The first-order valence-corrected chi connectivity index (χ1v) is 4.62. The Morgan fingerprint density at radius 2 is 2.00 bits per heavy atom. The first-order valence-electron chi connectivity index (χ1n) is 3.49. The van der Waals surface area contributed by atoms with Gasteiger partial charge in [-0.25, -0.2) is 4.39 Å². The third kappa shape index (κ3) is 2.74. The van der Waals surface area contributed by atoms with E-state index in [9.17, 15) is 4.39 Å². The van der Waals surface area contributed by atoms with Gasteiger partial charge in [0.25, 0.3) is 0 Å². The third-order valence-electron chi connectivity index (χ3n) is 1.52. The summed E-state index contributed by atoms with van der Waals surface area (Å²) in [7, 11) is 0. The molecule has 0 unspecified atom stereocenters. The summed E-state index contributed by atoms with van der Waals surface area (Å²) in [6.45, 7) is 0. The third-order valence-corrected chi connectivity index (χ3v) is 2.13. The molecule has 76 valence electrons. The summed E-state index contributed by atoms with van der Waals surface area (Å²) in [4.78, 5) is 0. The van der Waals surface area contributed by atoms with E-state index in [4.69, 9.17) is 40.0 Å². The lowest BCUT2D eigenvalue weighted by molar-refractivity contribution is 0.322. The Balaban J connectivity index is 3.29. The Morgan fingerprint density at radius 1 is 1.36 bits per heavy atom. The van der Waals surface area contributed by atoms with Crippen molar-refractivity contribution in [1.82, 2.24) is 0 Å². The highest BCUT2D eigenvalue weighted by atomic mass is 35.6. The minimum absolute atomic E-state index is 0.215. The minimum atomic E-state index is -1.68. The van der Waals surface area contributed by atoms with Crippen LogP contribution < -0.4 is 0 Å². The van der Waals surface area contributed by atoms with Gasteiger partial charge in [0.05, 0.1) is 6.21 Å². The molecule has 0 aliphatic carbocycles. The van der Waals surface area contributed by atoms with E-state index in [1.54, 1.807) is 0 Å². The lowest BCUT2D eigenvalue weighted by Crippen LogP contribution is -2.05. The van der Waals surface area contributed by atoms with Gasteiger partial charge in [0.2, 0.25) is 3.79 Å². The summed E-state index contributed by atoms with van der Waals surface area (Å²) in [5.41, 5.74) is 0.467. The second-order valence-electron chi connectivity index (χ2n) is 2.47. The summed E-state index contributed by atoms with van der Waals surface area (Å²) in [5.74, 6) is -0.502. The van der Waals surface area contributed by atoms with Crippen LogP contribution >= 0.6 is 34.8 Å². The number of hydrogen-bond acceptors (Lipinski definition) is 2. The highest BCUT2D eigenvalue weighted by molar-refractivity contribution is 6.66. The Bertz CT molecular complexity index is 362. The van der Waals surface area contributed by atoms with Gasteiger partial charge >= 0.3 is 0 Å². The van der Waals surface area contributed by atoms with Gasteiger partial charge in [0.1, 0.15) is 5.82 Å². The standard InChI is InChI=1S/C8H5Cl3FNO/c9-8(10,11)7-2-1-6(12)3-5(7)4-13-14/h1-4,14H. The molecule has 0 radical (unpaired) electrons. The number of alkyl halides is 3. The average Bonchev–Trinajstić information content (AvgIpc) is 2.02. The molecule has 0 aromatic heterocycles. The lowest BCUT2D eigenvalue weighted by atomic mass is 10.1. The zero-order valence-corrected chi connectivity index (χ0v) is 8.98. The highest BCUT2D eigenvalue weighted by Gasteiger charge is 2.25. The smallest absolute Gasteiger partial charge is 0.216 e. The molecular formula is C8H5Cl3FNO. The van der Waals surface area contributed by atoms with Gasteiger partial charge < -0.3 is 5.21 Å². The monoisotopic (exact) mass is 255 g/mol. The Hall–Kier alpha value is -0.510. The Morgan fingerprint density at radius 3 is 2.50 bits per heavy atom. The van der Waals surface area contributed by atoms with Gasteiger partial charge in [-0.15, -0.1) is 0 Å².